The molecule has 0 bridgehead atoms. The minimum atomic E-state index is -1.53. The van der Waals surface area contributed by atoms with Gasteiger partial charge in [-0.15, -0.1) is 0 Å². The third kappa shape index (κ3) is 4.59. The fourth-order valence-corrected chi connectivity index (χ4v) is 2.14. The lowest BCUT2D eigenvalue weighted by molar-refractivity contribution is 0.00303. The zero-order valence-electron chi connectivity index (χ0n) is 13.2. The summed E-state index contributed by atoms with van der Waals surface area (Å²) in [5.41, 5.74) is 2.30. The lowest BCUT2D eigenvalue weighted by Gasteiger charge is -2.03. The normalized spacial score (nSPS) is 11.5. The summed E-state index contributed by atoms with van der Waals surface area (Å²) < 4.78 is 0. The molecule has 24 heavy (non-hydrogen) atoms. The molecule has 0 atom stereocenters. The van der Waals surface area contributed by atoms with Crippen LogP contribution in [0.25, 0.3) is 12.2 Å². The van der Waals surface area contributed by atoms with E-state index in [-0.39, 0.29) is 0 Å². The van der Waals surface area contributed by atoms with E-state index in [0.717, 1.165) is 5.56 Å². The van der Waals surface area contributed by atoms with Crippen molar-refractivity contribution in [3.8, 4) is 0 Å². The molecule has 0 aliphatic carbocycles. The molecule has 0 aliphatic rings. The van der Waals surface area contributed by atoms with Crippen molar-refractivity contribution in [2.45, 2.75) is 13.2 Å². The SMILES string of the molecule is C/C=C/c1ccc(C(=O)C(=O)c2ccc(/C=C/C(O)O)cc2)cc1. The number of hydrogen-bond acceptors (Lipinski definition) is 4. The second-order valence-corrected chi connectivity index (χ2v) is 5.17. The van der Waals surface area contributed by atoms with Crippen molar-refractivity contribution in [1.82, 2.24) is 0 Å². The fourth-order valence-electron chi connectivity index (χ4n) is 2.14. The van der Waals surface area contributed by atoms with Crippen LogP contribution in [0.4, 0.5) is 0 Å². The zero-order valence-corrected chi connectivity index (χ0v) is 13.2. The maximum absolute atomic E-state index is 12.3. The molecule has 0 saturated heterocycles. The summed E-state index contributed by atoms with van der Waals surface area (Å²) in [4.78, 5) is 24.5. The van der Waals surface area contributed by atoms with Crippen molar-refractivity contribution in [2.75, 3.05) is 0 Å². The topological polar surface area (TPSA) is 74.6 Å². The number of aliphatic hydroxyl groups is 2. The minimum absolute atomic E-state index is 0.291. The predicted octanol–water partition coefficient (Wildman–Crippen LogP) is 3.11. The Morgan fingerprint density at radius 2 is 1.21 bits per heavy atom. The first-order valence-electron chi connectivity index (χ1n) is 7.47. The summed E-state index contributed by atoms with van der Waals surface area (Å²) in [5, 5.41) is 17.5. The van der Waals surface area contributed by atoms with Crippen molar-refractivity contribution in [3.05, 3.63) is 82.9 Å². The first kappa shape index (κ1) is 17.5. The van der Waals surface area contributed by atoms with Crippen LogP contribution in [-0.4, -0.2) is 28.1 Å². The molecule has 0 aromatic heterocycles. The molecule has 0 aliphatic heterocycles. The van der Waals surface area contributed by atoms with Crippen LogP contribution in [0.5, 0.6) is 0 Å². The standard InChI is InChI=1S/C20H18O4/c1-2-3-14-4-9-16(10-5-14)19(23)20(24)17-11-6-15(7-12-17)8-13-18(21)22/h2-13,18,21-22H,1H3/b3-2+,13-8+. The molecule has 0 amide bonds. The van der Waals surface area contributed by atoms with Crippen LogP contribution in [0.2, 0.25) is 0 Å². The Morgan fingerprint density at radius 1 is 0.792 bits per heavy atom. The number of ketones is 2. The van der Waals surface area contributed by atoms with E-state index in [1.165, 1.54) is 24.3 Å². The van der Waals surface area contributed by atoms with Gasteiger partial charge in [-0.05, 0) is 24.1 Å². The summed E-state index contributed by atoms with van der Waals surface area (Å²) in [7, 11) is 0. The Morgan fingerprint density at radius 3 is 1.58 bits per heavy atom. The van der Waals surface area contributed by atoms with Gasteiger partial charge in [0.2, 0.25) is 11.6 Å². The molecule has 0 unspecified atom stereocenters. The molecular weight excluding hydrogens is 304 g/mol. The second kappa shape index (κ2) is 8.15. The zero-order chi connectivity index (χ0) is 17.5. The summed E-state index contributed by atoms with van der Waals surface area (Å²) >= 11 is 0. The van der Waals surface area contributed by atoms with Crippen LogP contribution in [0, 0.1) is 0 Å². The highest BCUT2D eigenvalue weighted by Gasteiger charge is 2.17. The van der Waals surface area contributed by atoms with Crippen LogP contribution >= 0.6 is 0 Å². The number of carbonyl (C=O) groups excluding carboxylic acids is 2. The van der Waals surface area contributed by atoms with E-state index < -0.39 is 17.9 Å². The van der Waals surface area contributed by atoms with Gasteiger partial charge in [0.05, 0.1) is 0 Å². The van der Waals surface area contributed by atoms with E-state index in [1.807, 2.05) is 19.1 Å². The third-order valence-electron chi connectivity index (χ3n) is 3.37. The van der Waals surface area contributed by atoms with Crippen molar-refractivity contribution in [3.63, 3.8) is 0 Å². The molecule has 2 aromatic rings. The molecular formula is C20H18O4. The predicted molar refractivity (Wildman–Crippen MR) is 93.5 cm³/mol. The smallest absolute Gasteiger partial charge is 0.233 e. The molecule has 0 saturated carbocycles. The molecule has 2 aromatic carbocycles. The molecule has 0 radical (unpaired) electrons. The molecule has 4 nitrogen and oxygen atoms in total. The average Bonchev–Trinajstić information content (AvgIpc) is 2.60. The van der Waals surface area contributed by atoms with Crippen molar-refractivity contribution in [1.29, 1.82) is 0 Å². The first-order valence-corrected chi connectivity index (χ1v) is 7.47. The Hall–Kier alpha value is -2.82. The molecule has 0 spiro atoms. The lowest BCUT2D eigenvalue weighted by atomic mass is 9.99. The van der Waals surface area contributed by atoms with E-state index in [4.69, 9.17) is 10.2 Å². The number of Topliss-reactive ketones (excluding diaryl/α,β-unsaturated/α-hetero) is 2. The van der Waals surface area contributed by atoms with Crippen LogP contribution in [-0.2, 0) is 0 Å². The van der Waals surface area contributed by atoms with Crippen molar-refractivity contribution >= 4 is 23.7 Å². The maximum Gasteiger partial charge on any atom is 0.233 e. The van der Waals surface area contributed by atoms with Crippen molar-refractivity contribution < 1.29 is 19.8 Å². The van der Waals surface area contributed by atoms with Crippen LogP contribution < -0.4 is 0 Å². The largest absolute Gasteiger partial charge is 0.365 e. The van der Waals surface area contributed by atoms with Crippen LogP contribution in [0.1, 0.15) is 38.8 Å². The van der Waals surface area contributed by atoms with Gasteiger partial charge in [-0.1, -0.05) is 66.8 Å². The maximum atomic E-state index is 12.3. The molecule has 122 valence electrons. The quantitative estimate of drug-likeness (QED) is 0.487. The number of hydrogen-bond donors (Lipinski definition) is 2. The highest BCUT2D eigenvalue weighted by Crippen LogP contribution is 2.12. The molecule has 0 heterocycles. The summed E-state index contributed by atoms with van der Waals surface area (Å²) in [6, 6.07) is 13.2. The van der Waals surface area contributed by atoms with E-state index >= 15 is 0 Å². The van der Waals surface area contributed by atoms with Gasteiger partial charge in [-0.3, -0.25) is 9.59 Å². The monoisotopic (exact) mass is 322 g/mol. The number of benzene rings is 2. The van der Waals surface area contributed by atoms with Gasteiger partial charge in [0.1, 0.15) is 0 Å². The van der Waals surface area contributed by atoms with E-state index in [1.54, 1.807) is 36.4 Å². The minimum Gasteiger partial charge on any atom is -0.365 e. The Bertz CT molecular complexity index is 766. The number of allylic oxidation sites excluding steroid dienone is 1. The van der Waals surface area contributed by atoms with Gasteiger partial charge in [0.15, 0.2) is 6.29 Å². The van der Waals surface area contributed by atoms with Gasteiger partial charge < -0.3 is 10.2 Å². The second-order valence-electron chi connectivity index (χ2n) is 5.17. The Kier molecular flexibility index (Phi) is 5.95. The number of rotatable bonds is 6. The molecule has 2 rings (SSSR count). The van der Waals surface area contributed by atoms with E-state index in [9.17, 15) is 9.59 Å². The van der Waals surface area contributed by atoms with Gasteiger partial charge in [0, 0.05) is 11.1 Å². The summed E-state index contributed by atoms with van der Waals surface area (Å²) in [6.45, 7) is 1.91. The molecule has 4 heteroatoms. The van der Waals surface area contributed by atoms with Gasteiger partial charge >= 0.3 is 0 Å². The lowest BCUT2D eigenvalue weighted by Crippen LogP contribution is -2.14. The summed E-state index contributed by atoms with van der Waals surface area (Å²) in [5.74, 6) is -1.14. The van der Waals surface area contributed by atoms with Crippen LogP contribution in [0.15, 0.2) is 60.7 Å². The molecule has 0 fully saturated rings. The van der Waals surface area contributed by atoms with Gasteiger partial charge in [0.25, 0.3) is 0 Å². The average molecular weight is 322 g/mol. The number of carbonyl (C=O) groups is 2. The highest BCUT2D eigenvalue weighted by atomic mass is 16.5. The van der Waals surface area contributed by atoms with Crippen molar-refractivity contribution in [2.24, 2.45) is 0 Å². The third-order valence-corrected chi connectivity index (χ3v) is 3.37. The van der Waals surface area contributed by atoms with E-state index in [0.29, 0.717) is 16.7 Å². The van der Waals surface area contributed by atoms with Crippen LogP contribution in [0.3, 0.4) is 0 Å². The first-order chi connectivity index (χ1) is 11.5. The van der Waals surface area contributed by atoms with E-state index in [2.05, 4.69) is 0 Å². The Balaban J connectivity index is 2.14. The van der Waals surface area contributed by atoms with Gasteiger partial charge in [-0.25, -0.2) is 0 Å². The number of aliphatic hydroxyl groups excluding tert-OH is 1. The Labute approximate surface area is 140 Å². The van der Waals surface area contributed by atoms with Gasteiger partial charge in [-0.2, -0.15) is 0 Å². The highest BCUT2D eigenvalue weighted by molar-refractivity contribution is 6.49. The fraction of sp³-hybridized carbons (Fsp3) is 0.100. The summed E-state index contributed by atoms with van der Waals surface area (Å²) in [6.07, 6.45) is 4.99. The molecule has 2 N–H and O–H groups in total.